The average Bonchev–Trinajstić information content (AvgIpc) is 2.58. The van der Waals surface area contributed by atoms with Gasteiger partial charge in [-0.15, -0.1) is 0 Å². The predicted molar refractivity (Wildman–Crippen MR) is 42.0 cm³/mol. The van der Waals surface area contributed by atoms with Crippen LogP contribution < -0.4 is 0 Å². The maximum Gasteiger partial charge on any atom is 0.176 e. The molecule has 1 unspecified atom stereocenters. The smallest absolute Gasteiger partial charge is 0.176 e. The Labute approximate surface area is 75.1 Å². The molecule has 0 spiro atoms. The zero-order chi connectivity index (χ0) is 9.84. The number of aromatic nitrogens is 2. The first-order chi connectivity index (χ1) is 6.24. The van der Waals surface area contributed by atoms with Gasteiger partial charge in [-0.2, -0.15) is 15.8 Å². The van der Waals surface area contributed by atoms with E-state index in [1.54, 1.807) is 13.0 Å². The van der Waals surface area contributed by atoms with E-state index in [2.05, 4.69) is 4.98 Å². The second kappa shape index (κ2) is 3.38. The summed E-state index contributed by atoms with van der Waals surface area (Å²) < 4.78 is 1.37. The summed E-state index contributed by atoms with van der Waals surface area (Å²) >= 11 is 0. The van der Waals surface area contributed by atoms with E-state index in [9.17, 15) is 0 Å². The minimum atomic E-state index is -0.482. The monoisotopic (exact) mass is 171 g/mol. The van der Waals surface area contributed by atoms with E-state index in [4.69, 9.17) is 15.8 Å². The molecule has 0 amide bonds. The number of nitriles is 3. The molecule has 0 aliphatic rings. The molecule has 0 aliphatic heterocycles. The maximum atomic E-state index is 8.69. The van der Waals surface area contributed by atoms with Crippen LogP contribution in [0.4, 0.5) is 0 Å². The fourth-order valence-electron chi connectivity index (χ4n) is 0.909. The molecule has 1 aromatic heterocycles. The van der Waals surface area contributed by atoms with Crippen LogP contribution in [-0.2, 0) is 0 Å². The Bertz CT molecular complexity index is 437. The summed E-state index contributed by atoms with van der Waals surface area (Å²) in [5.74, 6) is 0. The van der Waals surface area contributed by atoms with Crippen molar-refractivity contribution in [1.82, 2.24) is 9.55 Å². The van der Waals surface area contributed by atoms with Gasteiger partial charge in [0.25, 0.3) is 0 Å². The molecule has 0 aliphatic carbocycles. The number of nitrogens with zero attached hydrogens (tertiary/aromatic N) is 5. The Hall–Kier alpha value is -2.32. The summed E-state index contributed by atoms with van der Waals surface area (Å²) in [6.07, 6.45) is 1.32. The van der Waals surface area contributed by atoms with E-state index in [0.29, 0.717) is 0 Å². The van der Waals surface area contributed by atoms with Crippen LogP contribution in [0.25, 0.3) is 0 Å². The second-order valence-corrected chi connectivity index (χ2v) is 2.38. The van der Waals surface area contributed by atoms with Crippen molar-refractivity contribution in [1.29, 1.82) is 15.8 Å². The fraction of sp³-hybridized carbons (Fsp3) is 0.250. The lowest BCUT2D eigenvalue weighted by atomic mass is 10.3. The summed E-state index contributed by atoms with van der Waals surface area (Å²) in [5.41, 5.74) is 0.196. The molecule has 0 saturated heterocycles. The van der Waals surface area contributed by atoms with Crippen molar-refractivity contribution in [3.8, 4) is 18.2 Å². The Morgan fingerprint density at radius 1 is 1.38 bits per heavy atom. The van der Waals surface area contributed by atoms with Gasteiger partial charge in [-0.05, 0) is 6.92 Å². The van der Waals surface area contributed by atoms with Gasteiger partial charge in [0.05, 0.1) is 12.4 Å². The molecule has 5 nitrogen and oxygen atoms in total. The van der Waals surface area contributed by atoms with Crippen LogP contribution >= 0.6 is 0 Å². The molecule has 0 N–H and O–H groups in total. The lowest BCUT2D eigenvalue weighted by Crippen LogP contribution is -2.03. The fourth-order valence-corrected chi connectivity index (χ4v) is 0.909. The summed E-state index contributed by atoms with van der Waals surface area (Å²) in [6, 6.07) is 5.09. The first-order valence-electron chi connectivity index (χ1n) is 3.51. The Morgan fingerprint density at radius 3 is 2.54 bits per heavy atom. The van der Waals surface area contributed by atoms with Crippen molar-refractivity contribution >= 4 is 0 Å². The summed E-state index contributed by atoms with van der Waals surface area (Å²) in [6.45, 7) is 1.63. The van der Waals surface area contributed by atoms with Crippen molar-refractivity contribution in [2.24, 2.45) is 0 Å². The molecule has 1 rings (SSSR count). The molecule has 0 aromatic carbocycles. The van der Waals surface area contributed by atoms with Crippen molar-refractivity contribution in [3.63, 3.8) is 0 Å². The van der Waals surface area contributed by atoms with Crippen LogP contribution in [0.5, 0.6) is 0 Å². The molecule has 0 bridgehead atoms. The van der Waals surface area contributed by atoms with Gasteiger partial charge in [-0.1, -0.05) is 0 Å². The SMILES string of the molecule is CC(C#N)n1cnc(C#N)c1C#N. The third kappa shape index (κ3) is 1.34. The molecular formula is C8H5N5. The number of imidazole rings is 1. The molecule has 1 atom stereocenters. The van der Waals surface area contributed by atoms with Crippen LogP contribution in [0.3, 0.4) is 0 Å². The lowest BCUT2D eigenvalue weighted by molar-refractivity contribution is 0.664. The Morgan fingerprint density at radius 2 is 2.08 bits per heavy atom. The van der Waals surface area contributed by atoms with Crippen LogP contribution in [0, 0.1) is 34.0 Å². The molecule has 13 heavy (non-hydrogen) atoms. The quantitative estimate of drug-likeness (QED) is 0.622. The number of hydrogen-bond acceptors (Lipinski definition) is 4. The molecular weight excluding hydrogens is 166 g/mol. The Kier molecular flexibility index (Phi) is 2.28. The molecule has 1 aromatic rings. The standard InChI is InChI=1S/C8H5N5/c1-6(2-9)13-5-12-7(3-10)8(13)4-11/h5-6H,1H3. The lowest BCUT2D eigenvalue weighted by Gasteiger charge is -2.03. The van der Waals surface area contributed by atoms with E-state index in [0.717, 1.165) is 0 Å². The highest BCUT2D eigenvalue weighted by Crippen LogP contribution is 2.11. The van der Waals surface area contributed by atoms with Gasteiger partial charge in [0, 0.05) is 0 Å². The highest BCUT2D eigenvalue weighted by molar-refractivity contribution is 5.36. The largest absolute Gasteiger partial charge is 0.305 e. The summed E-state index contributed by atoms with van der Waals surface area (Å²) in [4.78, 5) is 3.70. The highest BCUT2D eigenvalue weighted by atomic mass is 15.1. The zero-order valence-corrected chi connectivity index (χ0v) is 6.89. The van der Waals surface area contributed by atoms with Gasteiger partial charge in [0.1, 0.15) is 18.2 Å². The third-order valence-electron chi connectivity index (χ3n) is 1.61. The van der Waals surface area contributed by atoms with Crippen LogP contribution in [-0.4, -0.2) is 9.55 Å². The van der Waals surface area contributed by atoms with Crippen LogP contribution in [0.2, 0.25) is 0 Å². The average molecular weight is 171 g/mol. The van der Waals surface area contributed by atoms with Crippen molar-refractivity contribution < 1.29 is 0 Å². The van der Waals surface area contributed by atoms with Crippen molar-refractivity contribution in [2.45, 2.75) is 13.0 Å². The minimum Gasteiger partial charge on any atom is -0.305 e. The van der Waals surface area contributed by atoms with Crippen molar-refractivity contribution in [2.75, 3.05) is 0 Å². The van der Waals surface area contributed by atoms with Crippen molar-refractivity contribution in [3.05, 3.63) is 17.7 Å². The second-order valence-electron chi connectivity index (χ2n) is 2.38. The highest BCUT2D eigenvalue weighted by Gasteiger charge is 2.13. The van der Waals surface area contributed by atoms with Gasteiger partial charge >= 0.3 is 0 Å². The van der Waals surface area contributed by atoms with E-state index in [1.165, 1.54) is 10.9 Å². The normalized spacial score (nSPS) is 10.9. The number of rotatable bonds is 1. The topological polar surface area (TPSA) is 89.2 Å². The van der Waals surface area contributed by atoms with Gasteiger partial charge in [-0.25, -0.2) is 4.98 Å². The summed E-state index contributed by atoms with van der Waals surface area (Å²) in [5, 5.41) is 25.8. The van der Waals surface area contributed by atoms with Crippen LogP contribution in [0.1, 0.15) is 24.4 Å². The third-order valence-corrected chi connectivity index (χ3v) is 1.61. The molecule has 0 fully saturated rings. The van der Waals surface area contributed by atoms with Crippen LogP contribution in [0.15, 0.2) is 6.33 Å². The first kappa shape index (κ1) is 8.77. The predicted octanol–water partition coefficient (Wildman–Crippen LogP) is 0.711. The molecule has 0 saturated carbocycles. The minimum absolute atomic E-state index is 0.0598. The Balaban J connectivity index is 3.29. The maximum absolute atomic E-state index is 8.69. The van der Waals surface area contributed by atoms with Gasteiger partial charge in [0.2, 0.25) is 0 Å². The molecule has 5 heteroatoms. The van der Waals surface area contributed by atoms with E-state index < -0.39 is 6.04 Å². The number of hydrogen-bond donors (Lipinski definition) is 0. The van der Waals surface area contributed by atoms with Gasteiger partial charge < -0.3 is 4.57 Å². The van der Waals surface area contributed by atoms with Gasteiger partial charge in [-0.3, -0.25) is 0 Å². The molecule has 1 heterocycles. The summed E-state index contributed by atoms with van der Waals surface area (Å²) in [7, 11) is 0. The molecule has 0 radical (unpaired) electrons. The molecule has 62 valence electrons. The zero-order valence-electron chi connectivity index (χ0n) is 6.89. The van der Waals surface area contributed by atoms with E-state index >= 15 is 0 Å². The van der Waals surface area contributed by atoms with Gasteiger partial charge in [0.15, 0.2) is 11.4 Å². The van der Waals surface area contributed by atoms with E-state index in [1.807, 2.05) is 12.1 Å². The van der Waals surface area contributed by atoms with E-state index in [-0.39, 0.29) is 11.4 Å². The first-order valence-corrected chi connectivity index (χ1v) is 3.51.